The van der Waals surface area contributed by atoms with E-state index in [4.69, 9.17) is 34.8 Å². The van der Waals surface area contributed by atoms with Crippen LogP contribution in [0.2, 0.25) is 15.1 Å². The summed E-state index contributed by atoms with van der Waals surface area (Å²) in [5.41, 5.74) is 0. The molecule has 0 aromatic heterocycles. The normalized spacial score (nSPS) is 10.2. The molecule has 0 fully saturated rings. The zero-order valence-electron chi connectivity index (χ0n) is 7.06. The Hall–Kier alpha value is -0.0200. The first-order chi connectivity index (χ1) is 6.57. The van der Waals surface area contributed by atoms with Crippen molar-refractivity contribution in [3.63, 3.8) is 0 Å². The fourth-order valence-corrected chi connectivity index (χ4v) is 2.53. The lowest BCUT2D eigenvalue weighted by molar-refractivity contribution is 0.475. The van der Waals surface area contributed by atoms with Crippen LogP contribution in [0.1, 0.15) is 0 Å². The van der Waals surface area contributed by atoms with Crippen LogP contribution in [0.4, 0.5) is 0 Å². The molecule has 0 radical (unpaired) electrons. The number of rotatable bonds is 3. The molecule has 76 valence electrons. The van der Waals surface area contributed by atoms with Crippen molar-refractivity contribution >= 4 is 46.6 Å². The summed E-state index contributed by atoms with van der Waals surface area (Å²) in [7, 11) is 0. The van der Waals surface area contributed by atoms with Crippen LogP contribution < -0.4 is 0 Å². The van der Waals surface area contributed by atoms with Gasteiger partial charge in [0.2, 0.25) is 0 Å². The SMILES string of the molecule is C=CCSc1c(Cl)cc(O)c(Cl)c1Cl. The molecule has 0 atom stereocenters. The molecule has 1 rings (SSSR count). The van der Waals surface area contributed by atoms with E-state index in [1.54, 1.807) is 6.08 Å². The lowest BCUT2D eigenvalue weighted by Crippen LogP contribution is -1.81. The van der Waals surface area contributed by atoms with Gasteiger partial charge >= 0.3 is 0 Å². The smallest absolute Gasteiger partial charge is 0.137 e. The Bertz CT molecular complexity index is 366. The molecule has 0 bridgehead atoms. The maximum Gasteiger partial charge on any atom is 0.137 e. The van der Waals surface area contributed by atoms with Crippen molar-refractivity contribution in [3.05, 3.63) is 33.8 Å². The molecule has 1 aromatic rings. The first-order valence-electron chi connectivity index (χ1n) is 3.68. The standard InChI is InChI=1S/C9H7Cl3OS/c1-2-3-14-9-5(10)4-6(13)7(11)8(9)12/h2,4,13H,1,3H2. The van der Waals surface area contributed by atoms with E-state index in [1.165, 1.54) is 17.8 Å². The molecule has 0 spiro atoms. The molecule has 14 heavy (non-hydrogen) atoms. The van der Waals surface area contributed by atoms with Crippen molar-refractivity contribution in [2.75, 3.05) is 5.75 Å². The van der Waals surface area contributed by atoms with Crippen LogP contribution in [0, 0.1) is 0 Å². The lowest BCUT2D eigenvalue weighted by Gasteiger charge is -2.08. The average molecular weight is 270 g/mol. The number of aromatic hydroxyl groups is 1. The predicted octanol–water partition coefficient (Wildman–Crippen LogP) is 4.63. The molecule has 0 saturated heterocycles. The maximum atomic E-state index is 9.30. The van der Waals surface area contributed by atoms with Crippen molar-refractivity contribution in [2.24, 2.45) is 0 Å². The van der Waals surface area contributed by atoms with Crippen molar-refractivity contribution in [1.29, 1.82) is 0 Å². The van der Waals surface area contributed by atoms with E-state index in [0.717, 1.165) is 0 Å². The van der Waals surface area contributed by atoms with Gasteiger partial charge in [-0.2, -0.15) is 0 Å². The van der Waals surface area contributed by atoms with E-state index >= 15 is 0 Å². The molecule has 1 aromatic carbocycles. The Morgan fingerprint density at radius 3 is 2.57 bits per heavy atom. The minimum Gasteiger partial charge on any atom is -0.506 e. The van der Waals surface area contributed by atoms with Gasteiger partial charge in [-0.3, -0.25) is 0 Å². The van der Waals surface area contributed by atoms with Crippen LogP contribution in [0.15, 0.2) is 23.6 Å². The van der Waals surface area contributed by atoms with Gasteiger partial charge in [0.15, 0.2) is 0 Å². The van der Waals surface area contributed by atoms with Crippen molar-refractivity contribution in [1.82, 2.24) is 0 Å². The van der Waals surface area contributed by atoms with Crippen molar-refractivity contribution < 1.29 is 5.11 Å². The van der Waals surface area contributed by atoms with Crippen LogP contribution in [-0.2, 0) is 0 Å². The molecule has 0 aliphatic rings. The second-order valence-electron chi connectivity index (χ2n) is 2.43. The van der Waals surface area contributed by atoms with Gasteiger partial charge < -0.3 is 5.11 Å². The van der Waals surface area contributed by atoms with Gasteiger partial charge in [-0.1, -0.05) is 40.9 Å². The van der Waals surface area contributed by atoms with Crippen LogP contribution in [0.3, 0.4) is 0 Å². The molecule has 5 heteroatoms. The molecule has 1 N–H and O–H groups in total. The second kappa shape index (κ2) is 5.17. The third kappa shape index (κ3) is 2.51. The average Bonchev–Trinajstić information content (AvgIpc) is 2.14. The van der Waals surface area contributed by atoms with Crippen LogP contribution in [0.5, 0.6) is 5.75 Å². The van der Waals surface area contributed by atoms with Gasteiger partial charge in [0.1, 0.15) is 10.8 Å². The topological polar surface area (TPSA) is 20.2 Å². The summed E-state index contributed by atoms with van der Waals surface area (Å²) in [6.07, 6.45) is 1.73. The molecule has 0 aliphatic heterocycles. The number of thioether (sulfide) groups is 1. The van der Waals surface area contributed by atoms with E-state index in [1.807, 2.05) is 0 Å². The zero-order chi connectivity index (χ0) is 10.7. The molecule has 0 unspecified atom stereocenters. The van der Waals surface area contributed by atoms with Gasteiger partial charge in [0.05, 0.1) is 10.0 Å². The Labute approximate surface area is 102 Å². The van der Waals surface area contributed by atoms with Gasteiger partial charge in [-0.05, 0) is 0 Å². The molecule has 1 nitrogen and oxygen atoms in total. The highest BCUT2D eigenvalue weighted by atomic mass is 35.5. The third-order valence-corrected chi connectivity index (χ3v) is 3.94. The molecular weight excluding hydrogens is 263 g/mol. The third-order valence-electron chi connectivity index (χ3n) is 1.44. The quantitative estimate of drug-likeness (QED) is 0.490. The molecule has 0 aliphatic carbocycles. The summed E-state index contributed by atoms with van der Waals surface area (Å²) in [6, 6.07) is 1.38. The minimum absolute atomic E-state index is 0.107. The summed E-state index contributed by atoms with van der Waals surface area (Å²) in [6.45, 7) is 3.59. The first kappa shape index (κ1) is 12.1. The highest BCUT2D eigenvalue weighted by Crippen LogP contribution is 2.43. The number of hydrogen-bond donors (Lipinski definition) is 1. The molecule has 0 amide bonds. The van der Waals surface area contributed by atoms with Gasteiger partial charge in [-0.15, -0.1) is 18.3 Å². The van der Waals surface area contributed by atoms with E-state index in [-0.39, 0.29) is 15.8 Å². The predicted molar refractivity (Wildman–Crippen MR) is 64.1 cm³/mol. The largest absolute Gasteiger partial charge is 0.506 e. The first-order valence-corrected chi connectivity index (χ1v) is 5.80. The minimum atomic E-state index is -0.107. The van der Waals surface area contributed by atoms with Gasteiger partial charge in [0.25, 0.3) is 0 Å². The second-order valence-corrected chi connectivity index (χ2v) is 4.63. The van der Waals surface area contributed by atoms with Crippen LogP contribution in [0.25, 0.3) is 0 Å². The van der Waals surface area contributed by atoms with Crippen LogP contribution in [-0.4, -0.2) is 10.9 Å². The highest BCUT2D eigenvalue weighted by Gasteiger charge is 2.13. The van der Waals surface area contributed by atoms with E-state index in [0.29, 0.717) is 15.7 Å². The summed E-state index contributed by atoms with van der Waals surface area (Å²) >= 11 is 19.0. The highest BCUT2D eigenvalue weighted by molar-refractivity contribution is 7.99. The fraction of sp³-hybridized carbons (Fsp3) is 0.111. The summed E-state index contributed by atoms with van der Waals surface area (Å²) in [5.74, 6) is 0.574. The number of phenols is 1. The van der Waals surface area contributed by atoms with Gasteiger partial charge in [-0.25, -0.2) is 0 Å². The fourth-order valence-electron chi connectivity index (χ4n) is 0.840. The lowest BCUT2D eigenvalue weighted by atomic mass is 10.3. The number of phenolic OH excluding ortho intramolecular Hbond substituents is 1. The van der Waals surface area contributed by atoms with Gasteiger partial charge in [0, 0.05) is 16.7 Å². The Morgan fingerprint density at radius 1 is 1.36 bits per heavy atom. The molecule has 0 saturated carbocycles. The Balaban J connectivity index is 3.15. The Morgan fingerprint density at radius 2 is 2.00 bits per heavy atom. The summed E-state index contributed by atoms with van der Waals surface area (Å²) in [4.78, 5) is 0.663. The molecular formula is C9H7Cl3OS. The van der Waals surface area contributed by atoms with E-state index < -0.39 is 0 Å². The molecule has 0 heterocycles. The van der Waals surface area contributed by atoms with Crippen molar-refractivity contribution in [3.8, 4) is 5.75 Å². The number of benzene rings is 1. The van der Waals surface area contributed by atoms with E-state index in [9.17, 15) is 5.11 Å². The number of halogens is 3. The monoisotopic (exact) mass is 268 g/mol. The number of hydrogen-bond acceptors (Lipinski definition) is 2. The van der Waals surface area contributed by atoms with E-state index in [2.05, 4.69) is 6.58 Å². The Kier molecular flexibility index (Phi) is 4.45. The summed E-state index contributed by atoms with van der Waals surface area (Å²) in [5, 5.41) is 10.1. The maximum absolute atomic E-state index is 9.30. The summed E-state index contributed by atoms with van der Waals surface area (Å²) < 4.78 is 0. The zero-order valence-corrected chi connectivity index (χ0v) is 10.1. The van der Waals surface area contributed by atoms with Crippen molar-refractivity contribution in [2.45, 2.75) is 4.90 Å². The van der Waals surface area contributed by atoms with Crippen LogP contribution >= 0.6 is 46.6 Å².